The van der Waals surface area contributed by atoms with E-state index in [1.54, 1.807) is 53.4 Å². The Bertz CT molecular complexity index is 1720. The van der Waals surface area contributed by atoms with Crippen molar-refractivity contribution in [1.29, 1.82) is 0 Å². The number of hydrogen-bond acceptors (Lipinski definition) is 9. The molecule has 2 aromatic carbocycles. The molecule has 0 radical (unpaired) electrons. The first-order chi connectivity index (χ1) is 21.6. The molecule has 1 aromatic heterocycles. The molecule has 0 spiro atoms. The number of cyclic esters (lactones) is 1. The number of pyridine rings is 1. The second-order valence-electron chi connectivity index (χ2n) is 11.4. The molecule has 3 fully saturated rings. The maximum atomic E-state index is 13.9. The molecule has 4 heterocycles. The number of rotatable bonds is 7. The van der Waals surface area contributed by atoms with E-state index in [2.05, 4.69) is 16.0 Å². The van der Waals surface area contributed by atoms with Gasteiger partial charge in [-0.25, -0.2) is 23.0 Å². The Morgan fingerprint density at radius 3 is 2.44 bits per heavy atom. The van der Waals surface area contributed by atoms with Crippen molar-refractivity contribution in [2.45, 2.75) is 26.3 Å². The van der Waals surface area contributed by atoms with E-state index in [0.717, 1.165) is 16.9 Å². The van der Waals surface area contributed by atoms with Crippen LogP contribution in [-0.4, -0.2) is 94.0 Å². The zero-order valence-corrected chi connectivity index (χ0v) is 26.0. The van der Waals surface area contributed by atoms with E-state index in [9.17, 15) is 22.8 Å². The summed E-state index contributed by atoms with van der Waals surface area (Å²) in [6.07, 6.45) is 1.60. The van der Waals surface area contributed by atoms with Crippen molar-refractivity contribution in [3.05, 3.63) is 83.0 Å². The fourth-order valence-electron chi connectivity index (χ4n) is 6.03. The van der Waals surface area contributed by atoms with Crippen LogP contribution in [0.15, 0.2) is 60.8 Å². The Morgan fingerprint density at radius 1 is 1.00 bits per heavy atom. The highest BCUT2D eigenvalue weighted by Crippen LogP contribution is 2.35. The molecule has 0 saturated carbocycles. The van der Waals surface area contributed by atoms with E-state index in [0.29, 0.717) is 43.9 Å². The van der Waals surface area contributed by atoms with E-state index in [-0.39, 0.29) is 42.7 Å². The van der Waals surface area contributed by atoms with Crippen LogP contribution in [0, 0.1) is 13.8 Å². The minimum Gasteiger partial charge on any atom is -0.460 e. The van der Waals surface area contributed by atoms with Gasteiger partial charge in [0.15, 0.2) is 0 Å². The van der Waals surface area contributed by atoms with Gasteiger partial charge in [-0.1, -0.05) is 24.3 Å². The molecule has 3 aliphatic rings. The lowest BCUT2D eigenvalue weighted by Crippen LogP contribution is -2.49. The lowest BCUT2D eigenvalue weighted by molar-refractivity contribution is 0.0475. The summed E-state index contributed by atoms with van der Waals surface area (Å²) in [5.74, 6) is 0.0377. The number of carbonyl (C=O) groups is 3. The predicted molar refractivity (Wildman–Crippen MR) is 168 cm³/mol. The Hall–Kier alpha value is -4.65. The van der Waals surface area contributed by atoms with Gasteiger partial charge in [0, 0.05) is 44.6 Å². The van der Waals surface area contributed by atoms with Gasteiger partial charge in [-0.15, -0.1) is 0 Å². The summed E-state index contributed by atoms with van der Waals surface area (Å²) >= 11 is 0. The van der Waals surface area contributed by atoms with Crippen LogP contribution in [0.1, 0.15) is 38.3 Å². The number of nitrogens with zero attached hydrogens (tertiary/aromatic N) is 5. The molecular formula is C32H35N5O7S. The highest BCUT2D eigenvalue weighted by Gasteiger charge is 2.38. The molecule has 0 bridgehead atoms. The van der Waals surface area contributed by atoms with E-state index in [4.69, 9.17) is 9.47 Å². The quantitative estimate of drug-likeness (QED) is 0.360. The number of amides is 2. The molecular weight excluding hydrogens is 598 g/mol. The Balaban J connectivity index is 1.24. The molecule has 1 atom stereocenters. The van der Waals surface area contributed by atoms with Crippen molar-refractivity contribution in [3.63, 3.8) is 0 Å². The first-order valence-electron chi connectivity index (χ1n) is 14.9. The third-order valence-electron chi connectivity index (χ3n) is 8.29. The Labute approximate surface area is 262 Å². The molecule has 6 rings (SSSR count). The lowest BCUT2D eigenvalue weighted by Gasteiger charge is -2.36. The van der Waals surface area contributed by atoms with Gasteiger partial charge in [0.1, 0.15) is 25.1 Å². The number of benzene rings is 2. The van der Waals surface area contributed by atoms with Gasteiger partial charge in [-0.3, -0.25) is 14.0 Å². The van der Waals surface area contributed by atoms with Crippen molar-refractivity contribution >= 4 is 45.2 Å². The van der Waals surface area contributed by atoms with Crippen molar-refractivity contribution in [2.75, 3.05) is 65.8 Å². The van der Waals surface area contributed by atoms with E-state index >= 15 is 0 Å². The molecule has 0 aliphatic carbocycles. The third kappa shape index (κ3) is 6.17. The van der Waals surface area contributed by atoms with Gasteiger partial charge in [-0.2, -0.15) is 0 Å². The summed E-state index contributed by atoms with van der Waals surface area (Å²) in [5.41, 5.74) is 3.33. The molecule has 0 unspecified atom stereocenters. The van der Waals surface area contributed by atoms with Crippen molar-refractivity contribution in [3.8, 4) is 0 Å². The van der Waals surface area contributed by atoms with Crippen LogP contribution in [0.2, 0.25) is 0 Å². The number of aromatic nitrogens is 1. The van der Waals surface area contributed by atoms with Crippen LogP contribution < -0.4 is 14.1 Å². The predicted octanol–water partition coefficient (Wildman–Crippen LogP) is 3.38. The van der Waals surface area contributed by atoms with Crippen LogP contribution in [-0.2, 0) is 19.5 Å². The van der Waals surface area contributed by atoms with Gasteiger partial charge in [0.05, 0.1) is 22.6 Å². The molecule has 0 N–H and O–H groups in total. The first-order valence-corrected chi connectivity index (χ1v) is 16.5. The van der Waals surface area contributed by atoms with Crippen molar-refractivity contribution < 1.29 is 32.3 Å². The fraction of sp³-hybridized carbons (Fsp3) is 0.375. The minimum atomic E-state index is -3.66. The zero-order valence-electron chi connectivity index (χ0n) is 25.2. The molecule has 3 saturated heterocycles. The third-order valence-corrected chi connectivity index (χ3v) is 10.1. The smallest absolute Gasteiger partial charge is 0.414 e. The topological polar surface area (TPSA) is 130 Å². The normalized spacial score (nSPS) is 19.5. The van der Waals surface area contributed by atoms with Gasteiger partial charge >= 0.3 is 12.1 Å². The van der Waals surface area contributed by atoms with Crippen molar-refractivity contribution in [1.82, 2.24) is 9.88 Å². The maximum absolute atomic E-state index is 13.9. The van der Waals surface area contributed by atoms with Crippen LogP contribution in [0.5, 0.6) is 0 Å². The van der Waals surface area contributed by atoms with E-state index in [1.165, 1.54) is 9.21 Å². The summed E-state index contributed by atoms with van der Waals surface area (Å²) in [7, 11) is -3.66. The number of ether oxygens (including phenoxy) is 2. The minimum absolute atomic E-state index is 0.0154. The van der Waals surface area contributed by atoms with Crippen LogP contribution >= 0.6 is 0 Å². The lowest BCUT2D eigenvalue weighted by atomic mass is 10.1. The van der Waals surface area contributed by atoms with E-state index < -0.39 is 28.1 Å². The molecule has 3 aromatic rings. The average Bonchev–Trinajstić information content (AvgIpc) is 3.60. The molecule has 45 heavy (non-hydrogen) atoms. The number of hydrogen-bond donors (Lipinski definition) is 0. The molecule has 3 aliphatic heterocycles. The van der Waals surface area contributed by atoms with Crippen molar-refractivity contribution in [2.24, 2.45) is 0 Å². The first kappa shape index (κ1) is 30.4. The molecule has 236 valence electrons. The number of sulfonamides is 1. The monoisotopic (exact) mass is 633 g/mol. The highest BCUT2D eigenvalue weighted by molar-refractivity contribution is 7.93. The summed E-state index contributed by atoms with van der Waals surface area (Å²) in [4.78, 5) is 49.1. The standard InChI is InChI=1S/C32H35N5O7S/c1-22-17-23(2)29(33-19-22)34-12-14-35(15-13-34)30(38)27-10-9-25(18-28(27)36-11-6-16-45(36,41)42)37-26(21-44-32(37)40)20-43-31(39)24-7-4-3-5-8-24/h3-5,7-10,17-19,26H,6,11-16,20-21H2,1-2H3/t26-/m1/s1. The molecule has 12 nitrogen and oxygen atoms in total. The number of esters is 1. The summed E-state index contributed by atoms with van der Waals surface area (Å²) in [5, 5.41) is 0. The molecule has 13 heteroatoms. The Kier molecular flexibility index (Phi) is 8.36. The fourth-order valence-corrected chi connectivity index (χ4v) is 7.60. The van der Waals surface area contributed by atoms with Crippen LogP contribution in [0.3, 0.4) is 0 Å². The zero-order chi connectivity index (χ0) is 31.7. The highest BCUT2D eigenvalue weighted by atomic mass is 32.2. The SMILES string of the molecule is Cc1cnc(N2CCN(C(=O)c3ccc(N4C(=O)OC[C@H]4COC(=O)c4ccccc4)cc3N3CCCS3(=O)=O)CC2)c(C)c1. The van der Waals surface area contributed by atoms with E-state index in [1.807, 2.05) is 20.0 Å². The number of anilines is 3. The Morgan fingerprint density at radius 2 is 1.76 bits per heavy atom. The van der Waals surface area contributed by atoms with Gasteiger partial charge in [0.2, 0.25) is 10.0 Å². The van der Waals surface area contributed by atoms with Crippen LogP contribution in [0.4, 0.5) is 22.0 Å². The second kappa shape index (κ2) is 12.4. The van der Waals surface area contributed by atoms with Crippen LogP contribution in [0.25, 0.3) is 0 Å². The van der Waals surface area contributed by atoms with Gasteiger partial charge in [0.25, 0.3) is 5.91 Å². The molecule has 2 amide bonds. The second-order valence-corrected chi connectivity index (χ2v) is 13.5. The van der Waals surface area contributed by atoms with Gasteiger partial charge < -0.3 is 19.3 Å². The average molecular weight is 634 g/mol. The largest absolute Gasteiger partial charge is 0.460 e. The number of aryl methyl sites for hydroxylation is 2. The summed E-state index contributed by atoms with van der Waals surface area (Å²) in [6, 6.07) is 14.7. The maximum Gasteiger partial charge on any atom is 0.414 e. The summed E-state index contributed by atoms with van der Waals surface area (Å²) in [6.45, 7) is 6.14. The van der Waals surface area contributed by atoms with Gasteiger partial charge in [-0.05, 0) is 61.7 Å². The summed E-state index contributed by atoms with van der Waals surface area (Å²) < 4.78 is 38.2. The number of piperazine rings is 1. The number of carbonyl (C=O) groups excluding carboxylic acids is 3.